The van der Waals surface area contributed by atoms with E-state index >= 15 is 0 Å². The molecule has 1 aliphatic carbocycles. The van der Waals surface area contributed by atoms with Gasteiger partial charge in [0.2, 0.25) is 0 Å². The summed E-state index contributed by atoms with van der Waals surface area (Å²) in [7, 11) is 0. The van der Waals surface area contributed by atoms with Crippen LogP contribution >= 0.6 is 0 Å². The van der Waals surface area contributed by atoms with Crippen LogP contribution in [-0.2, 0) is 6.42 Å². The van der Waals surface area contributed by atoms with Crippen LogP contribution in [0.25, 0.3) is 32.8 Å². The van der Waals surface area contributed by atoms with Crippen LogP contribution in [0.5, 0.6) is 5.75 Å². The zero-order valence-corrected chi connectivity index (χ0v) is 24.6. The molecule has 214 valence electrons. The van der Waals surface area contributed by atoms with Crippen molar-refractivity contribution in [2.45, 2.75) is 64.4 Å². The summed E-state index contributed by atoms with van der Waals surface area (Å²) in [6, 6.07) is 24.0. The van der Waals surface area contributed by atoms with Gasteiger partial charge in [-0.3, -0.25) is 4.79 Å². The number of hydrogen-bond donors (Lipinski definition) is 1. The highest BCUT2D eigenvalue weighted by Gasteiger charge is 2.47. The van der Waals surface area contributed by atoms with E-state index in [0.717, 1.165) is 51.5 Å². The highest BCUT2D eigenvalue weighted by Crippen LogP contribution is 2.56. The topological polar surface area (TPSA) is 72.3 Å². The van der Waals surface area contributed by atoms with Gasteiger partial charge < -0.3 is 9.84 Å². The molecule has 2 aliphatic rings. The van der Waals surface area contributed by atoms with Gasteiger partial charge in [-0.15, -0.1) is 0 Å². The van der Waals surface area contributed by atoms with Crippen molar-refractivity contribution in [3.8, 4) is 5.75 Å². The number of aromatic nitrogens is 2. The Bertz CT molecular complexity index is 1810. The van der Waals surface area contributed by atoms with Crippen LogP contribution in [0.1, 0.15) is 73.9 Å². The van der Waals surface area contributed by atoms with Gasteiger partial charge in [0.15, 0.2) is 5.78 Å². The van der Waals surface area contributed by atoms with Gasteiger partial charge >= 0.3 is 0 Å². The van der Waals surface area contributed by atoms with E-state index in [2.05, 4.69) is 39.0 Å². The van der Waals surface area contributed by atoms with Crippen LogP contribution in [0.15, 0.2) is 72.8 Å². The summed E-state index contributed by atoms with van der Waals surface area (Å²) in [5.74, 6) is 2.29. The lowest BCUT2D eigenvalue weighted by atomic mass is 9.64. The second-order valence-corrected chi connectivity index (χ2v) is 13.1. The molecule has 5 nitrogen and oxygen atoms in total. The molecule has 1 N–H and O–H groups in total. The third kappa shape index (κ3) is 4.64. The Hall–Kier alpha value is -3.83. The zero-order chi connectivity index (χ0) is 29.0. The number of aliphatic hydroxyl groups is 1. The number of ketones is 1. The number of benzene rings is 4. The number of ether oxygens (including phenoxy) is 1. The first-order valence-corrected chi connectivity index (χ1v) is 15.4. The summed E-state index contributed by atoms with van der Waals surface area (Å²) in [6.45, 7) is 6.82. The van der Waals surface area contributed by atoms with Crippen molar-refractivity contribution in [1.29, 1.82) is 0 Å². The van der Waals surface area contributed by atoms with Gasteiger partial charge in [-0.25, -0.2) is 9.97 Å². The SMILES string of the molecule is C[C@H]1CC[C@H]2[C@H](C1)c1c(c3ccccc3c3nc4cc(C(=O)CC(CO)Cc5ccccc5)ccc4nc13)OC2(C)C. The first kappa shape index (κ1) is 27.0. The number of carbonyl (C=O) groups excluding carboxylic acids is 1. The van der Waals surface area contributed by atoms with Gasteiger partial charge in [-0.1, -0.05) is 67.9 Å². The van der Waals surface area contributed by atoms with Crippen LogP contribution in [0, 0.1) is 17.8 Å². The molecule has 0 bridgehead atoms. The average molecular weight is 559 g/mol. The highest BCUT2D eigenvalue weighted by atomic mass is 16.5. The average Bonchev–Trinajstić information content (AvgIpc) is 2.99. The summed E-state index contributed by atoms with van der Waals surface area (Å²) in [6.07, 6.45) is 4.45. The smallest absolute Gasteiger partial charge is 0.163 e. The fourth-order valence-electron chi connectivity index (χ4n) is 7.60. The fraction of sp³-hybridized carbons (Fsp3) is 0.378. The quantitative estimate of drug-likeness (QED) is 0.130. The molecule has 4 aromatic carbocycles. The third-order valence-electron chi connectivity index (χ3n) is 9.75. The maximum absolute atomic E-state index is 13.4. The Balaban J connectivity index is 1.33. The Morgan fingerprint density at radius 3 is 2.48 bits per heavy atom. The van der Waals surface area contributed by atoms with E-state index in [-0.39, 0.29) is 30.3 Å². The lowest BCUT2D eigenvalue weighted by Crippen LogP contribution is -2.46. The largest absolute Gasteiger partial charge is 0.487 e. The molecule has 2 heterocycles. The minimum atomic E-state index is -0.249. The van der Waals surface area contributed by atoms with Gasteiger partial charge in [-0.05, 0) is 74.6 Å². The summed E-state index contributed by atoms with van der Waals surface area (Å²) in [4.78, 5) is 23.8. The van der Waals surface area contributed by atoms with Crippen molar-refractivity contribution >= 4 is 38.6 Å². The van der Waals surface area contributed by atoms with E-state index in [0.29, 0.717) is 35.3 Å². The van der Waals surface area contributed by atoms with Crippen molar-refractivity contribution in [2.75, 3.05) is 6.61 Å². The molecule has 42 heavy (non-hydrogen) atoms. The van der Waals surface area contributed by atoms with Crippen LogP contribution < -0.4 is 4.74 Å². The van der Waals surface area contributed by atoms with E-state index in [9.17, 15) is 9.90 Å². The second-order valence-electron chi connectivity index (χ2n) is 13.1. The molecule has 0 radical (unpaired) electrons. The normalized spacial score (nSPS) is 22.0. The van der Waals surface area contributed by atoms with Gasteiger partial charge in [0.25, 0.3) is 0 Å². The molecule has 4 atom stereocenters. The molecule has 5 heteroatoms. The highest BCUT2D eigenvalue weighted by molar-refractivity contribution is 6.11. The van der Waals surface area contributed by atoms with E-state index in [4.69, 9.17) is 14.7 Å². The molecule has 0 amide bonds. The Labute approximate surface area is 247 Å². The number of fused-ring (bicyclic) bond motifs is 9. The number of hydrogen-bond acceptors (Lipinski definition) is 5. The van der Waals surface area contributed by atoms with Crippen molar-refractivity contribution in [3.63, 3.8) is 0 Å². The van der Waals surface area contributed by atoms with Crippen LogP contribution in [0.4, 0.5) is 0 Å². The molecule has 1 aliphatic heterocycles. The van der Waals surface area contributed by atoms with Gasteiger partial charge in [0.1, 0.15) is 11.4 Å². The predicted molar refractivity (Wildman–Crippen MR) is 168 cm³/mol. The summed E-state index contributed by atoms with van der Waals surface area (Å²) >= 11 is 0. The van der Waals surface area contributed by atoms with Crippen molar-refractivity contribution in [1.82, 2.24) is 9.97 Å². The van der Waals surface area contributed by atoms with E-state index in [1.54, 1.807) is 0 Å². The minimum absolute atomic E-state index is 0.0127. The van der Waals surface area contributed by atoms with E-state index in [1.807, 2.05) is 54.6 Å². The third-order valence-corrected chi connectivity index (χ3v) is 9.75. The lowest BCUT2D eigenvalue weighted by Gasteiger charge is -2.49. The van der Waals surface area contributed by atoms with E-state index in [1.165, 1.54) is 12.0 Å². The fourth-order valence-corrected chi connectivity index (χ4v) is 7.60. The molecule has 7 rings (SSSR count). The first-order chi connectivity index (χ1) is 20.3. The molecule has 1 aromatic heterocycles. The van der Waals surface area contributed by atoms with Crippen LogP contribution in [0.2, 0.25) is 0 Å². The number of nitrogens with zero attached hydrogens (tertiary/aromatic N) is 2. The number of rotatable bonds is 6. The van der Waals surface area contributed by atoms with Gasteiger partial charge in [0, 0.05) is 40.8 Å². The summed E-state index contributed by atoms with van der Waals surface area (Å²) in [5.41, 5.74) is 5.99. The Kier molecular flexibility index (Phi) is 6.73. The Morgan fingerprint density at radius 2 is 1.69 bits per heavy atom. The molecule has 5 aromatic rings. The minimum Gasteiger partial charge on any atom is -0.487 e. The molecular formula is C37H38N2O3. The number of Topliss-reactive ketones (excluding diaryl/α,β-unsaturated/α-hetero) is 1. The molecule has 0 spiro atoms. The van der Waals surface area contributed by atoms with E-state index < -0.39 is 0 Å². The monoisotopic (exact) mass is 558 g/mol. The molecular weight excluding hydrogens is 520 g/mol. The van der Waals surface area contributed by atoms with Crippen molar-refractivity contribution < 1.29 is 14.6 Å². The van der Waals surface area contributed by atoms with Crippen LogP contribution in [0.3, 0.4) is 0 Å². The van der Waals surface area contributed by atoms with Crippen molar-refractivity contribution in [3.05, 3.63) is 89.5 Å². The van der Waals surface area contributed by atoms with Crippen molar-refractivity contribution in [2.24, 2.45) is 17.8 Å². The lowest BCUT2D eigenvalue weighted by molar-refractivity contribution is -0.0115. The Morgan fingerprint density at radius 1 is 0.952 bits per heavy atom. The molecule has 1 fully saturated rings. The maximum Gasteiger partial charge on any atom is 0.163 e. The standard InChI is InChI=1S/C37H38N2O3/c1-22-13-15-29-28(17-22)33-35-34(26-11-7-8-12-27(26)36(33)42-37(29,2)3)39-31-20-25(14-16-30(31)38-35)32(41)19-24(21-40)18-23-9-5-4-6-10-23/h4-12,14,16,20,22,24,28-29,40H,13,15,17-19,21H2,1-3H3/t22-,24?,28-,29-/m0/s1. The second kappa shape index (κ2) is 10.5. The van der Waals surface area contributed by atoms with Gasteiger partial charge in [-0.2, -0.15) is 0 Å². The summed E-state index contributed by atoms with van der Waals surface area (Å²) in [5, 5.41) is 12.1. The molecule has 1 unspecified atom stereocenters. The predicted octanol–water partition coefficient (Wildman–Crippen LogP) is 8.05. The zero-order valence-electron chi connectivity index (χ0n) is 24.6. The maximum atomic E-state index is 13.4. The first-order valence-electron chi connectivity index (χ1n) is 15.4. The summed E-state index contributed by atoms with van der Waals surface area (Å²) < 4.78 is 6.87. The molecule has 0 saturated heterocycles. The number of aliphatic hydroxyl groups excluding tert-OH is 1. The van der Waals surface area contributed by atoms with Crippen LogP contribution in [-0.4, -0.2) is 33.1 Å². The molecule has 1 saturated carbocycles. The number of carbonyl (C=O) groups is 1. The van der Waals surface area contributed by atoms with Gasteiger partial charge in [0.05, 0.1) is 22.1 Å².